The second-order valence-corrected chi connectivity index (χ2v) is 4.05. The number of rotatable bonds is 6. The van der Waals surface area contributed by atoms with Crippen molar-refractivity contribution in [3.63, 3.8) is 0 Å². The van der Waals surface area contributed by atoms with Crippen molar-refractivity contribution in [3.05, 3.63) is 18.0 Å². The summed E-state index contributed by atoms with van der Waals surface area (Å²) in [5.74, 6) is 0. The van der Waals surface area contributed by atoms with Crippen molar-refractivity contribution in [2.45, 2.75) is 44.9 Å². The van der Waals surface area contributed by atoms with E-state index in [0.29, 0.717) is 6.42 Å². The molecule has 1 atom stereocenters. The molecule has 0 spiro atoms. The lowest BCUT2D eigenvalue weighted by Crippen LogP contribution is -2.29. The van der Waals surface area contributed by atoms with E-state index in [0.717, 1.165) is 12.1 Å². The zero-order valence-corrected chi connectivity index (χ0v) is 10.1. The molecule has 98 valence electrons. The largest absolute Gasteiger partial charge is 0.389 e. The molecular formula is C11H18F3N3. The molecule has 1 heterocycles. The first-order valence-electron chi connectivity index (χ1n) is 5.70. The first-order chi connectivity index (χ1) is 7.94. The van der Waals surface area contributed by atoms with E-state index in [1.54, 1.807) is 17.9 Å². The molecule has 1 aromatic heterocycles. The van der Waals surface area contributed by atoms with Crippen molar-refractivity contribution in [3.8, 4) is 0 Å². The molecule has 0 saturated carbocycles. The molecule has 0 aliphatic carbocycles. The molecule has 0 radical (unpaired) electrons. The highest BCUT2D eigenvalue weighted by Crippen LogP contribution is 2.23. The lowest BCUT2D eigenvalue weighted by Gasteiger charge is -2.16. The van der Waals surface area contributed by atoms with E-state index in [9.17, 15) is 13.2 Å². The molecule has 1 N–H and O–H groups in total. The van der Waals surface area contributed by atoms with E-state index >= 15 is 0 Å². The molecule has 0 bridgehead atoms. The van der Waals surface area contributed by atoms with Crippen LogP contribution in [0, 0.1) is 0 Å². The summed E-state index contributed by atoms with van der Waals surface area (Å²) >= 11 is 0. The molecule has 0 amide bonds. The van der Waals surface area contributed by atoms with Crippen LogP contribution in [0.15, 0.2) is 12.4 Å². The van der Waals surface area contributed by atoms with E-state index in [1.807, 2.05) is 13.1 Å². The van der Waals surface area contributed by atoms with Gasteiger partial charge in [0.05, 0.1) is 6.20 Å². The first-order valence-corrected chi connectivity index (χ1v) is 5.70. The average molecular weight is 249 g/mol. The van der Waals surface area contributed by atoms with Crippen LogP contribution in [0.1, 0.15) is 25.3 Å². The van der Waals surface area contributed by atoms with Gasteiger partial charge in [0, 0.05) is 25.2 Å². The number of nitrogens with zero attached hydrogens (tertiary/aromatic N) is 2. The summed E-state index contributed by atoms with van der Waals surface area (Å²) in [5, 5.41) is 7.01. The third-order valence-electron chi connectivity index (χ3n) is 2.68. The van der Waals surface area contributed by atoms with Gasteiger partial charge in [-0.05, 0) is 32.4 Å². The third-order valence-corrected chi connectivity index (χ3v) is 2.68. The summed E-state index contributed by atoms with van der Waals surface area (Å²) in [6.45, 7) is 2.74. The zero-order chi connectivity index (χ0) is 12.9. The average Bonchev–Trinajstić information content (AvgIpc) is 2.70. The van der Waals surface area contributed by atoms with Crippen LogP contribution in [0.5, 0.6) is 0 Å². The Morgan fingerprint density at radius 2 is 2.18 bits per heavy atom. The molecule has 0 aliphatic rings. The molecule has 0 aliphatic heterocycles. The molecule has 3 nitrogen and oxygen atoms in total. The minimum Gasteiger partial charge on any atom is -0.317 e. The summed E-state index contributed by atoms with van der Waals surface area (Å²) < 4.78 is 38.1. The monoisotopic (exact) mass is 249 g/mol. The summed E-state index contributed by atoms with van der Waals surface area (Å²) in [4.78, 5) is 0. The minimum absolute atomic E-state index is 0.0945. The standard InChI is InChI=1S/C11H18F3N3/c1-3-17-8-9(7-16-17)6-10(15-2)4-5-11(12,13)14/h7-8,10,15H,3-6H2,1-2H3. The van der Waals surface area contributed by atoms with Gasteiger partial charge in [-0.2, -0.15) is 18.3 Å². The topological polar surface area (TPSA) is 29.9 Å². The van der Waals surface area contributed by atoms with E-state index < -0.39 is 12.6 Å². The smallest absolute Gasteiger partial charge is 0.317 e. The molecule has 17 heavy (non-hydrogen) atoms. The number of hydrogen-bond donors (Lipinski definition) is 1. The second-order valence-electron chi connectivity index (χ2n) is 4.05. The van der Waals surface area contributed by atoms with Gasteiger partial charge in [-0.3, -0.25) is 4.68 Å². The highest BCUT2D eigenvalue weighted by atomic mass is 19.4. The Labute approximate surface area is 99.0 Å². The zero-order valence-electron chi connectivity index (χ0n) is 10.1. The Kier molecular flexibility index (Phi) is 4.99. The lowest BCUT2D eigenvalue weighted by atomic mass is 10.0. The number of hydrogen-bond acceptors (Lipinski definition) is 2. The third kappa shape index (κ3) is 5.21. The molecule has 6 heteroatoms. The van der Waals surface area contributed by atoms with Crippen molar-refractivity contribution < 1.29 is 13.2 Å². The Bertz CT molecular complexity index is 333. The SMILES string of the molecule is CCn1cc(CC(CCC(F)(F)F)NC)cn1. The van der Waals surface area contributed by atoms with Gasteiger partial charge in [0.2, 0.25) is 0 Å². The summed E-state index contributed by atoms with van der Waals surface area (Å²) in [6, 6.07) is -0.161. The maximum absolute atomic E-state index is 12.1. The van der Waals surface area contributed by atoms with Crippen LogP contribution in [0.2, 0.25) is 0 Å². The molecule has 0 saturated heterocycles. The fourth-order valence-corrected chi connectivity index (χ4v) is 1.66. The van der Waals surface area contributed by atoms with Gasteiger partial charge in [-0.15, -0.1) is 0 Å². The Morgan fingerprint density at radius 3 is 2.65 bits per heavy atom. The molecule has 1 aromatic rings. The predicted octanol–water partition coefficient (Wildman–Crippen LogP) is 2.38. The predicted molar refractivity (Wildman–Crippen MR) is 59.7 cm³/mol. The van der Waals surface area contributed by atoms with Crippen LogP contribution in [0.4, 0.5) is 13.2 Å². The summed E-state index contributed by atoms with van der Waals surface area (Å²) in [6.07, 6.45) is -0.577. The van der Waals surface area contributed by atoms with Crippen molar-refractivity contribution in [2.75, 3.05) is 7.05 Å². The molecule has 0 aromatic carbocycles. The molecular weight excluding hydrogens is 231 g/mol. The number of halogens is 3. The van der Waals surface area contributed by atoms with Crippen molar-refractivity contribution in [1.29, 1.82) is 0 Å². The van der Waals surface area contributed by atoms with Crippen molar-refractivity contribution in [2.24, 2.45) is 0 Å². The van der Waals surface area contributed by atoms with Gasteiger partial charge < -0.3 is 5.32 Å². The summed E-state index contributed by atoms with van der Waals surface area (Å²) in [7, 11) is 1.69. The van der Waals surface area contributed by atoms with Gasteiger partial charge >= 0.3 is 6.18 Å². The fraction of sp³-hybridized carbons (Fsp3) is 0.727. The Morgan fingerprint density at radius 1 is 1.47 bits per heavy atom. The van der Waals surface area contributed by atoms with Gasteiger partial charge in [-0.25, -0.2) is 0 Å². The van der Waals surface area contributed by atoms with Crippen LogP contribution in [0.3, 0.4) is 0 Å². The van der Waals surface area contributed by atoms with Crippen LogP contribution in [-0.2, 0) is 13.0 Å². The first kappa shape index (κ1) is 14.0. The number of aryl methyl sites for hydroxylation is 1. The molecule has 1 unspecified atom stereocenters. The van der Waals surface area contributed by atoms with Crippen LogP contribution < -0.4 is 5.32 Å². The number of alkyl halides is 3. The quantitative estimate of drug-likeness (QED) is 0.838. The Hall–Kier alpha value is -1.04. The van der Waals surface area contributed by atoms with Crippen molar-refractivity contribution in [1.82, 2.24) is 15.1 Å². The van der Waals surface area contributed by atoms with E-state index in [1.165, 1.54) is 0 Å². The van der Waals surface area contributed by atoms with Gasteiger partial charge in [-0.1, -0.05) is 0 Å². The molecule has 0 fully saturated rings. The van der Waals surface area contributed by atoms with Crippen LogP contribution >= 0.6 is 0 Å². The molecule has 1 rings (SSSR count). The second kappa shape index (κ2) is 6.05. The number of nitrogens with one attached hydrogen (secondary N) is 1. The van der Waals surface area contributed by atoms with Gasteiger partial charge in [0.1, 0.15) is 0 Å². The van der Waals surface area contributed by atoms with E-state index in [-0.39, 0.29) is 12.5 Å². The van der Waals surface area contributed by atoms with E-state index in [4.69, 9.17) is 0 Å². The van der Waals surface area contributed by atoms with Crippen LogP contribution in [0.25, 0.3) is 0 Å². The highest BCUT2D eigenvalue weighted by molar-refractivity contribution is 5.06. The maximum Gasteiger partial charge on any atom is 0.389 e. The highest BCUT2D eigenvalue weighted by Gasteiger charge is 2.28. The maximum atomic E-state index is 12.1. The lowest BCUT2D eigenvalue weighted by molar-refractivity contribution is -0.136. The number of likely N-dealkylation sites (N-methyl/N-ethyl adjacent to an activating group) is 1. The van der Waals surface area contributed by atoms with Crippen molar-refractivity contribution >= 4 is 0 Å². The minimum atomic E-state index is -4.08. The van der Waals surface area contributed by atoms with Gasteiger partial charge in [0.25, 0.3) is 0 Å². The van der Waals surface area contributed by atoms with Crippen LogP contribution in [-0.4, -0.2) is 29.0 Å². The Balaban J connectivity index is 2.46. The normalized spacial score (nSPS) is 13.9. The van der Waals surface area contributed by atoms with Gasteiger partial charge in [0.15, 0.2) is 0 Å². The summed E-state index contributed by atoms with van der Waals surface area (Å²) in [5.41, 5.74) is 0.966. The fourth-order valence-electron chi connectivity index (χ4n) is 1.66. The number of aromatic nitrogens is 2. The van der Waals surface area contributed by atoms with E-state index in [2.05, 4.69) is 10.4 Å².